The van der Waals surface area contributed by atoms with Crippen LogP contribution >= 0.6 is 31.9 Å². The molecule has 4 rings (SSSR count). The van der Waals surface area contributed by atoms with E-state index in [2.05, 4.69) is 37.2 Å². The van der Waals surface area contributed by atoms with Crippen molar-refractivity contribution in [1.29, 1.82) is 0 Å². The van der Waals surface area contributed by atoms with Gasteiger partial charge in [0.05, 0.1) is 18.1 Å². The molecule has 2 aliphatic rings. The fourth-order valence-electron chi connectivity index (χ4n) is 3.95. The molecule has 1 saturated heterocycles. The van der Waals surface area contributed by atoms with E-state index in [1.165, 1.54) is 0 Å². The lowest BCUT2D eigenvalue weighted by Crippen LogP contribution is -2.49. The molecule has 1 atom stereocenters. The summed E-state index contributed by atoms with van der Waals surface area (Å²) >= 11 is 7.01. The number of halogens is 2. The summed E-state index contributed by atoms with van der Waals surface area (Å²) in [5.41, 5.74) is 1.53. The fourth-order valence-corrected chi connectivity index (χ4v) is 4.59. The van der Waals surface area contributed by atoms with Gasteiger partial charge in [-0.15, -0.1) is 0 Å². The Kier molecular flexibility index (Phi) is 5.58. The molecule has 2 aromatic rings. The zero-order valence-corrected chi connectivity index (χ0v) is 18.0. The molecule has 0 saturated carbocycles. The van der Waals surface area contributed by atoms with Crippen molar-refractivity contribution < 1.29 is 14.3 Å². The summed E-state index contributed by atoms with van der Waals surface area (Å²) < 4.78 is 13.3. The van der Waals surface area contributed by atoms with Crippen molar-refractivity contribution in [3.63, 3.8) is 0 Å². The first kappa shape index (κ1) is 19.0. The molecule has 2 aromatic carbocycles. The van der Waals surface area contributed by atoms with Gasteiger partial charge in [0.2, 0.25) is 5.91 Å². The maximum atomic E-state index is 13.5. The van der Waals surface area contributed by atoms with Crippen LogP contribution in [-0.2, 0) is 14.9 Å². The summed E-state index contributed by atoms with van der Waals surface area (Å²) in [5, 5.41) is 3.32. The van der Waals surface area contributed by atoms with Crippen LogP contribution in [0.2, 0.25) is 0 Å². The molecule has 27 heavy (non-hydrogen) atoms. The van der Waals surface area contributed by atoms with Gasteiger partial charge in [-0.25, -0.2) is 0 Å². The van der Waals surface area contributed by atoms with E-state index in [0.29, 0.717) is 32.7 Å². The number of rotatable bonds is 3. The third kappa shape index (κ3) is 3.80. The van der Waals surface area contributed by atoms with E-state index in [-0.39, 0.29) is 11.9 Å². The van der Waals surface area contributed by atoms with Crippen molar-refractivity contribution in [2.45, 2.75) is 30.7 Å². The number of benzene rings is 2. The zero-order valence-electron chi connectivity index (χ0n) is 14.8. The van der Waals surface area contributed by atoms with Gasteiger partial charge in [0.15, 0.2) is 0 Å². The van der Waals surface area contributed by atoms with Gasteiger partial charge < -0.3 is 14.8 Å². The van der Waals surface area contributed by atoms with E-state index in [1.807, 2.05) is 42.5 Å². The minimum atomic E-state index is -0.552. The second-order valence-electron chi connectivity index (χ2n) is 7.05. The lowest BCUT2D eigenvalue weighted by molar-refractivity contribution is -0.131. The van der Waals surface area contributed by atoms with Gasteiger partial charge in [-0.2, -0.15) is 0 Å². The van der Waals surface area contributed by atoms with Crippen LogP contribution in [-0.4, -0.2) is 25.7 Å². The Morgan fingerprint density at radius 1 is 1.00 bits per heavy atom. The summed E-state index contributed by atoms with van der Waals surface area (Å²) in [4.78, 5) is 13.5. The molecular weight excluding hydrogens is 474 g/mol. The van der Waals surface area contributed by atoms with Crippen LogP contribution in [0.4, 0.5) is 0 Å². The maximum absolute atomic E-state index is 13.5. The molecule has 1 fully saturated rings. The van der Waals surface area contributed by atoms with Crippen molar-refractivity contribution in [3.05, 3.63) is 62.5 Å². The van der Waals surface area contributed by atoms with Gasteiger partial charge in [-0.1, -0.05) is 44.0 Å². The standard InChI is InChI=1S/C21H21Br2NO3/c22-15-3-1-14(2-4-15)21(8-11-26-12-9-21)20(25)24-18-7-10-27-19-6-5-16(23)13-17(18)19/h1-6,13,18H,7-12H2,(H,24,25). The summed E-state index contributed by atoms with van der Waals surface area (Å²) in [6, 6.07) is 14.0. The van der Waals surface area contributed by atoms with Crippen LogP contribution in [0.1, 0.15) is 36.4 Å². The van der Waals surface area contributed by atoms with E-state index in [9.17, 15) is 4.79 Å². The Balaban J connectivity index is 1.64. The predicted octanol–water partition coefficient (Wildman–Crippen LogP) is 4.90. The van der Waals surface area contributed by atoms with Crippen molar-refractivity contribution in [3.8, 4) is 5.75 Å². The first-order valence-electron chi connectivity index (χ1n) is 9.15. The van der Waals surface area contributed by atoms with Crippen LogP contribution in [0.15, 0.2) is 51.4 Å². The van der Waals surface area contributed by atoms with Crippen LogP contribution in [0.25, 0.3) is 0 Å². The summed E-state index contributed by atoms with van der Waals surface area (Å²) in [6.45, 7) is 1.80. The quantitative estimate of drug-likeness (QED) is 0.660. The Labute approximate surface area is 175 Å². The van der Waals surface area contributed by atoms with Crippen LogP contribution < -0.4 is 10.1 Å². The zero-order chi connectivity index (χ0) is 18.9. The monoisotopic (exact) mass is 493 g/mol. The third-order valence-corrected chi connectivity index (χ3v) is 6.52. The first-order valence-corrected chi connectivity index (χ1v) is 10.7. The number of carbonyl (C=O) groups is 1. The highest BCUT2D eigenvalue weighted by Gasteiger charge is 2.42. The maximum Gasteiger partial charge on any atom is 0.231 e. The van der Waals surface area contributed by atoms with Crippen LogP contribution in [0.3, 0.4) is 0 Å². The molecule has 1 unspecified atom stereocenters. The molecule has 4 nitrogen and oxygen atoms in total. The highest BCUT2D eigenvalue weighted by molar-refractivity contribution is 9.10. The molecule has 1 amide bonds. The average Bonchev–Trinajstić information content (AvgIpc) is 2.69. The molecule has 1 N–H and O–H groups in total. The van der Waals surface area contributed by atoms with Gasteiger partial charge >= 0.3 is 0 Å². The van der Waals surface area contributed by atoms with E-state index < -0.39 is 5.41 Å². The van der Waals surface area contributed by atoms with Crippen molar-refractivity contribution in [2.24, 2.45) is 0 Å². The lowest BCUT2D eigenvalue weighted by Gasteiger charge is -2.38. The first-order chi connectivity index (χ1) is 13.1. The Morgan fingerprint density at radius 3 is 2.44 bits per heavy atom. The van der Waals surface area contributed by atoms with Crippen LogP contribution in [0.5, 0.6) is 5.75 Å². The molecule has 2 aliphatic heterocycles. The molecule has 142 valence electrons. The van der Waals surface area contributed by atoms with Gasteiger partial charge in [0, 0.05) is 34.1 Å². The van der Waals surface area contributed by atoms with Crippen molar-refractivity contribution >= 4 is 37.8 Å². The number of hydrogen-bond donors (Lipinski definition) is 1. The predicted molar refractivity (Wildman–Crippen MR) is 111 cm³/mol. The van der Waals surface area contributed by atoms with Crippen molar-refractivity contribution in [2.75, 3.05) is 19.8 Å². The number of nitrogens with one attached hydrogen (secondary N) is 1. The third-order valence-electron chi connectivity index (χ3n) is 5.49. The molecule has 2 heterocycles. The number of hydrogen-bond acceptors (Lipinski definition) is 3. The number of carbonyl (C=O) groups excluding carboxylic acids is 1. The largest absolute Gasteiger partial charge is 0.493 e. The normalized spacial score (nSPS) is 21.0. The Bertz CT molecular complexity index is 832. The molecule has 0 aromatic heterocycles. The molecule has 0 aliphatic carbocycles. The Morgan fingerprint density at radius 2 is 1.70 bits per heavy atom. The lowest BCUT2D eigenvalue weighted by atomic mass is 9.73. The van der Waals surface area contributed by atoms with E-state index >= 15 is 0 Å². The second-order valence-corrected chi connectivity index (χ2v) is 8.88. The van der Waals surface area contributed by atoms with Gasteiger partial charge in [0.25, 0.3) is 0 Å². The molecule has 6 heteroatoms. The Hall–Kier alpha value is -1.37. The second kappa shape index (κ2) is 7.94. The van der Waals surface area contributed by atoms with Gasteiger partial charge in [-0.3, -0.25) is 4.79 Å². The highest BCUT2D eigenvalue weighted by Crippen LogP contribution is 2.39. The number of fused-ring (bicyclic) bond motifs is 1. The van der Waals surface area contributed by atoms with Gasteiger partial charge in [0.1, 0.15) is 5.75 Å². The molecule has 0 radical (unpaired) electrons. The fraction of sp³-hybridized carbons (Fsp3) is 0.381. The highest BCUT2D eigenvalue weighted by atomic mass is 79.9. The van der Waals surface area contributed by atoms with E-state index in [0.717, 1.165) is 32.2 Å². The molecular formula is C21H21Br2NO3. The SMILES string of the molecule is O=C(NC1CCOc2ccc(Br)cc21)C1(c2ccc(Br)cc2)CCOCC1. The molecule has 0 bridgehead atoms. The van der Waals surface area contributed by atoms with Crippen molar-refractivity contribution in [1.82, 2.24) is 5.32 Å². The number of amides is 1. The smallest absolute Gasteiger partial charge is 0.231 e. The summed E-state index contributed by atoms with van der Waals surface area (Å²) in [6.07, 6.45) is 2.15. The van der Waals surface area contributed by atoms with E-state index in [1.54, 1.807) is 0 Å². The molecule has 0 spiro atoms. The average molecular weight is 495 g/mol. The number of ether oxygens (including phenoxy) is 2. The topological polar surface area (TPSA) is 47.6 Å². The van der Waals surface area contributed by atoms with E-state index in [4.69, 9.17) is 9.47 Å². The summed E-state index contributed by atoms with van der Waals surface area (Å²) in [5.74, 6) is 0.922. The van der Waals surface area contributed by atoms with Crippen LogP contribution in [0, 0.1) is 0 Å². The summed E-state index contributed by atoms with van der Waals surface area (Å²) in [7, 11) is 0. The van der Waals surface area contributed by atoms with Gasteiger partial charge in [-0.05, 0) is 48.7 Å². The minimum Gasteiger partial charge on any atom is -0.493 e. The minimum absolute atomic E-state index is 0.0473.